The van der Waals surface area contributed by atoms with Gasteiger partial charge in [-0.25, -0.2) is 9.59 Å². The number of benzene rings is 2. The molecule has 0 amide bonds. The highest BCUT2D eigenvalue weighted by Gasteiger charge is 2.48. The molecule has 13 heteroatoms. The molecule has 1 aliphatic carbocycles. The van der Waals surface area contributed by atoms with E-state index < -0.39 is 54.9 Å². The number of phenolic OH excluding ortho intramolecular Hbond substituents is 3. The molecule has 13 nitrogen and oxygen atoms in total. The largest absolute Gasteiger partial charge is 0.508 e. The van der Waals surface area contributed by atoms with Crippen LogP contribution in [0, 0.1) is 0 Å². The normalized spacial score (nSPS) is 24.7. The minimum absolute atomic E-state index is 0.0578. The van der Waals surface area contributed by atoms with Crippen molar-refractivity contribution in [2.75, 3.05) is 6.61 Å². The number of esters is 2. The van der Waals surface area contributed by atoms with E-state index >= 15 is 0 Å². The zero-order valence-electron chi connectivity index (χ0n) is 22.3. The van der Waals surface area contributed by atoms with Crippen LogP contribution in [0.25, 0.3) is 6.08 Å². The Morgan fingerprint density at radius 3 is 2.28 bits per heavy atom. The number of ketones is 1. The summed E-state index contributed by atoms with van der Waals surface area (Å²) in [6.07, 6.45) is 0.584. The van der Waals surface area contributed by atoms with Crippen LogP contribution < -0.4 is 4.74 Å². The molecular weight excluding hydrogens is 568 g/mol. The highest BCUT2D eigenvalue weighted by Crippen LogP contribution is 2.28. The first-order valence-corrected chi connectivity index (χ1v) is 12.8. The van der Waals surface area contributed by atoms with Crippen molar-refractivity contribution in [3.63, 3.8) is 0 Å². The van der Waals surface area contributed by atoms with Gasteiger partial charge in [0.15, 0.2) is 18.0 Å². The van der Waals surface area contributed by atoms with Crippen molar-refractivity contribution >= 4 is 23.8 Å². The van der Waals surface area contributed by atoms with E-state index in [9.17, 15) is 45.0 Å². The molecule has 2 aromatic carbocycles. The number of rotatable bonds is 9. The molecule has 5 atom stereocenters. The van der Waals surface area contributed by atoms with E-state index in [0.29, 0.717) is 0 Å². The zero-order valence-corrected chi connectivity index (χ0v) is 22.3. The highest BCUT2D eigenvalue weighted by atomic mass is 16.7. The molecule has 2 aliphatic rings. The predicted octanol–water partition coefficient (Wildman–Crippen LogP) is 0.780. The minimum Gasteiger partial charge on any atom is -0.508 e. The van der Waals surface area contributed by atoms with E-state index in [1.54, 1.807) is 0 Å². The molecule has 0 aromatic heterocycles. The number of aromatic hydroxyl groups is 3. The van der Waals surface area contributed by atoms with Crippen molar-refractivity contribution in [2.24, 2.45) is 0 Å². The van der Waals surface area contributed by atoms with Gasteiger partial charge in [0, 0.05) is 17.7 Å². The molecule has 0 spiro atoms. The number of allylic oxidation sites excluding steroid dienone is 2. The number of carbonyl (C=O) groups excluding carboxylic acids is 3. The molecule has 1 aliphatic heterocycles. The van der Waals surface area contributed by atoms with Gasteiger partial charge in [0.2, 0.25) is 6.29 Å². The first kappa shape index (κ1) is 31.0. The molecule has 1 fully saturated rings. The highest BCUT2D eigenvalue weighted by molar-refractivity contribution is 6.00. The van der Waals surface area contributed by atoms with Crippen LogP contribution in [0.5, 0.6) is 23.0 Å². The maximum absolute atomic E-state index is 12.6. The molecule has 226 valence electrons. The van der Waals surface area contributed by atoms with Gasteiger partial charge in [-0.3, -0.25) is 4.79 Å². The van der Waals surface area contributed by atoms with Crippen molar-refractivity contribution in [1.29, 1.82) is 0 Å². The SMILES string of the molecule is O=C1C=CC(O)(/C=C/C(=O)OC[C@H]2O[C@@H](Oc3ccc(O)cc3)[C@H](O)[C@@H](OC(=O)/C=C/c3cc(O)ccc3O)[C@@H]2O)C=C1. The Morgan fingerprint density at radius 1 is 0.907 bits per heavy atom. The van der Waals surface area contributed by atoms with Crippen LogP contribution in [-0.2, 0) is 28.6 Å². The molecule has 4 rings (SSSR count). The number of phenols is 3. The Balaban J connectivity index is 1.47. The fraction of sp³-hybridized carbons (Fsp3) is 0.233. The van der Waals surface area contributed by atoms with Gasteiger partial charge in [-0.15, -0.1) is 0 Å². The van der Waals surface area contributed by atoms with Gasteiger partial charge in [0.05, 0.1) is 0 Å². The van der Waals surface area contributed by atoms with Crippen molar-refractivity contribution in [3.8, 4) is 23.0 Å². The van der Waals surface area contributed by atoms with Gasteiger partial charge in [-0.1, -0.05) is 0 Å². The Kier molecular flexibility index (Phi) is 9.63. The maximum Gasteiger partial charge on any atom is 0.331 e. The first-order valence-electron chi connectivity index (χ1n) is 12.8. The summed E-state index contributed by atoms with van der Waals surface area (Å²) in [7, 11) is 0. The molecular formula is C30H28O13. The Morgan fingerprint density at radius 2 is 1.58 bits per heavy atom. The van der Waals surface area contributed by atoms with Crippen LogP contribution in [0.4, 0.5) is 0 Å². The zero-order chi connectivity index (χ0) is 31.1. The summed E-state index contributed by atoms with van der Waals surface area (Å²) >= 11 is 0. The number of carbonyl (C=O) groups is 3. The average molecular weight is 597 g/mol. The first-order chi connectivity index (χ1) is 20.4. The smallest absolute Gasteiger partial charge is 0.331 e. The van der Waals surface area contributed by atoms with Gasteiger partial charge in [-0.2, -0.15) is 0 Å². The van der Waals surface area contributed by atoms with Crippen molar-refractivity contribution < 1.29 is 64.0 Å². The molecule has 1 saturated heterocycles. The second kappa shape index (κ2) is 13.4. The monoisotopic (exact) mass is 596 g/mol. The lowest BCUT2D eigenvalue weighted by Crippen LogP contribution is -2.61. The van der Waals surface area contributed by atoms with Gasteiger partial charge in [0.25, 0.3) is 0 Å². The van der Waals surface area contributed by atoms with Gasteiger partial charge in [-0.05, 0) is 78.9 Å². The van der Waals surface area contributed by atoms with Crippen molar-refractivity contribution in [1.82, 2.24) is 0 Å². The Hall–Kier alpha value is -4.95. The third kappa shape index (κ3) is 8.30. The number of aliphatic hydroxyl groups excluding tert-OH is 2. The summed E-state index contributed by atoms with van der Waals surface area (Å²) in [6.45, 7) is -0.601. The lowest BCUT2D eigenvalue weighted by atomic mass is 9.97. The summed E-state index contributed by atoms with van der Waals surface area (Å²) in [5.41, 5.74) is -1.60. The third-order valence-electron chi connectivity index (χ3n) is 6.30. The van der Waals surface area contributed by atoms with Crippen molar-refractivity contribution in [2.45, 2.75) is 36.3 Å². The molecule has 0 saturated carbocycles. The number of hydrogen-bond donors (Lipinski definition) is 6. The van der Waals surface area contributed by atoms with Crippen LogP contribution in [-0.4, -0.2) is 91.3 Å². The molecule has 0 radical (unpaired) electrons. The fourth-order valence-electron chi connectivity index (χ4n) is 4.01. The summed E-state index contributed by atoms with van der Waals surface area (Å²) in [4.78, 5) is 36.2. The Labute approximate surface area is 244 Å². The van der Waals surface area contributed by atoms with E-state index in [1.165, 1.54) is 54.6 Å². The molecule has 0 unspecified atom stereocenters. The fourth-order valence-corrected chi connectivity index (χ4v) is 4.01. The van der Waals surface area contributed by atoms with Crippen LogP contribution in [0.3, 0.4) is 0 Å². The van der Waals surface area contributed by atoms with Gasteiger partial charge >= 0.3 is 11.9 Å². The Bertz CT molecular complexity index is 1440. The van der Waals surface area contributed by atoms with Crippen LogP contribution in [0.2, 0.25) is 0 Å². The third-order valence-corrected chi connectivity index (χ3v) is 6.30. The van der Waals surface area contributed by atoms with E-state index in [1.807, 2.05) is 0 Å². The van der Waals surface area contributed by atoms with Gasteiger partial charge < -0.3 is 49.6 Å². The molecule has 6 N–H and O–H groups in total. The van der Waals surface area contributed by atoms with Crippen LogP contribution >= 0.6 is 0 Å². The number of hydrogen-bond acceptors (Lipinski definition) is 13. The second-order valence-corrected chi connectivity index (χ2v) is 9.53. The quantitative estimate of drug-likeness (QED) is 0.134. The predicted molar refractivity (Wildman–Crippen MR) is 146 cm³/mol. The second-order valence-electron chi connectivity index (χ2n) is 9.53. The topological polar surface area (TPSA) is 210 Å². The van der Waals surface area contributed by atoms with E-state index in [0.717, 1.165) is 36.5 Å². The number of ether oxygens (including phenoxy) is 4. The average Bonchev–Trinajstić information content (AvgIpc) is 2.98. The van der Waals surface area contributed by atoms with E-state index in [2.05, 4.69) is 0 Å². The van der Waals surface area contributed by atoms with Gasteiger partial charge in [0.1, 0.15) is 47.4 Å². The van der Waals surface area contributed by atoms with E-state index in [4.69, 9.17) is 18.9 Å². The summed E-state index contributed by atoms with van der Waals surface area (Å²) < 4.78 is 21.7. The summed E-state index contributed by atoms with van der Waals surface area (Å²) in [5, 5.41) is 61.2. The molecule has 2 aromatic rings. The van der Waals surface area contributed by atoms with Crippen molar-refractivity contribution in [3.05, 3.63) is 90.6 Å². The lowest BCUT2D eigenvalue weighted by molar-refractivity contribution is -0.281. The molecule has 43 heavy (non-hydrogen) atoms. The summed E-state index contributed by atoms with van der Waals surface area (Å²) in [6, 6.07) is 9.00. The molecule has 1 heterocycles. The number of aliphatic hydroxyl groups is 3. The maximum atomic E-state index is 12.6. The summed E-state index contributed by atoms with van der Waals surface area (Å²) in [5.74, 6) is -2.65. The lowest BCUT2D eigenvalue weighted by Gasteiger charge is -2.41. The standard InChI is InChI=1S/C30H28O13/c31-18-2-5-21(6-3-18)41-29-27(38)28(43-25(36)8-1-17-15-20(33)4-7-22(17)34)26(37)23(42-29)16-40-24(35)11-14-30(39)12-9-19(32)10-13-30/h1-15,23,26-29,31,33-34,37-39H,16H2/b8-1+,14-11+/t23-,26-,27-,28+,29-/m1/s1. The molecule has 0 bridgehead atoms. The van der Waals surface area contributed by atoms with Crippen LogP contribution in [0.15, 0.2) is 85.0 Å². The van der Waals surface area contributed by atoms with Crippen LogP contribution in [0.1, 0.15) is 5.56 Å². The van der Waals surface area contributed by atoms with E-state index in [-0.39, 0.29) is 34.3 Å². The minimum atomic E-state index is -1.75.